The summed E-state index contributed by atoms with van der Waals surface area (Å²) in [6.07, 6.45) is 6.27. The zero-order valence-corrected chi connectivity index (χ0v) is 7.16. The normalized spacial score (nSPS) is 50.5. The molecule has 3 rings (SSSR count). The second-order valence-corrected chi connectivity index (χ2v) is 4.58. The van der Waals surface area contributed by atoms with Gasteiger partial charge in [0.25, 0.3) is 0 Å². The van der Waals surface area contributed by atoms with Gasteiger partial charge in [-0.3, -0.25) is 4.79 Å². The lowest BCUT2D eigenvalue weighted by Crippen LogP contribution is -2.46. The van der Waals surface area contributed by atoms with E-state index in [0.29, 0.717) is 5.92 Å². The molecule has 0 aromatic heterocycles. The molecule has 0 aromatic carbocycles. The maximum atomic E-state index is 11.4. The van der Waals surface area contributed by atoms with Crippen LogP contribution in [-0.2, 0) is 9.53 Å². The number of carbonyl (C=O) groups excluding carboxylic acids is 1. The Kier molecular flexibility index (Phi) is 1.29. The molecule has 66 valence electrons. The molecule has 3 aliphatic rings. The molecule has 1 heterocycles. The summed E-state index contributed by atoms with van der Waals surface area (Å²) < 4.78 is 5.35. The zero-order valence-electron chi connectivity index (χ0n) is 7.16. The SMILES string of the molecule is O=C1O[C@@H]2CC3CCC1C(C3)C2. The van der Waals surface area contributed by atoms with Gasteiger partial charge in [-0.1, -0.05) is 0 Å². The lowest BCUT2D eigenvalue weighted by Gasteiger charge is -2.46. The first-order valence-electron chi connectivity index (χ1n) is 5.03. The maximum Gasteiger partial charge on any atom is 0.309 e. The van der Waals surface area contributed by atoms with E-state index in [2.05, 4.69) is 0 Å². The van der Waals surface area contributed by atoms with E-state index in [1.54, 1.807) is 0 Å². The summed E-state index contributed by atoms with van der Waals surface area (Å²) in [7, 11) is 0. The molecule has 2 heteroatoms. The molecule has 0 amide bonds. The molecule has 0 spiro atoms. The van der Waals surface area contributed by atoms with Gasteiger partial charge in [0.1, 0.15) is 6.10 Å². The van der Waals surface area contributed by atoms with Crippen LogP contribution in [0.1, 0.15) is 32.1 Å². The van der Waals surface area contributed by atoms with Gasteiger partial charge in [-0.2, -0.15) is 0 Å². The summed E-state index contributed by atoms with van der Waals surface area (Å²) in [5, 5.41) is 0. The molecule has 4 atom stereocenters. The quantitative estimate of drug-likeness (QED) is 0.512. The summed E-state index contributed by atoms with van der Waals surface area (Å²) in [4.78, 5) is 11.4. The fraction of sp³-hybridized carbons (Fsp3) is 0.900. The summed E-state index contributed by atoms with van der Waals surface area (Å²) >= 11 is 0. The fourth-order valence-corrected chi connectivity index (χ4v) is 3.30. The van der Waals surface area contributed by atoms with E-state index in [9.17, 15) is 4.79 Å². The van der Waals surface area contributed by atoms with Crippen LogP contribution in [0.5, 0.6) is 0 Å². The van der Waals surface area contributed by atoms with Crippen LogP contribution in [0.4, 0.5) is 0 Å². The van der Waals surface area contributed by atoms with Crippen LogP contribution in [0, 0.1) is 17.8 Å². The largest absolute Gasteiger partial charge is 0.462 e. The van der Waals surface area contributed by atoms with Crippen molar-refractivity contribution in [1.82, 2.24) is 0 Å². The van der Waals surface area contributed by atoms with Gasteiger partial charge in [-0.15, -0.1) is 0 Å². The van der Waals surface area contributed by atoms with Crippen molar-refractivity contribution < 1.29 is 9.53 Å². The Hall–Kier alpha value is -0.530. The van der Waals surface area contributed by atoms with Crippen molar-refractivity contribution in [1.29, 1.82) is 0 Å². The number of ether oxygens (including phenoxy) is 1. The highest BCUT2D eigenvalue weighted by molar-refractivity contribution is 5.74. The first kappa shape index (κ1) is 6.93. The van der Waals surface area contributed by atoms with E-state index in [4.69, 9.17) is 4.74 Å². The van der Waals surface area contributed by atoms with Crippen LogP contribution in [-0.4, -0.2) is 12.1 Å². The van der Waals surface area contributed by atoms with E-state index in [1.807, 2.05) is 0 Å². The number of esters is 1. The van der Waals surface area contributed by atoms with Crippen LogP contribution in [0.15, 0.2) is 0 Å². The van der Waals surface area contributed by atoms with Crippen molar-refractivity contribution in [3.63, 3.8) is 0 Å². The lowest BCUT2D eigenvalue weighted by molar-refractivity contribution is -0.176. The summed E-state index contributed by atoms with van der Waals surface area (Å²) in [6.45, 7) is 0. The smallest absolute Gasteiger partial charge is 0.309 e. The van der Waals surface area contributed by atoms with Gasteiger partial charge in [-0.05, 0) is 43.9 Å². The molecule has 0 aromatic rings. The third-order valence-corrected chi connectivity index (χ3v) is 3.84. The summed E-state index contributed by atoms with van der Waals surface area (Å²) in [5.41, 5.74) is 0. The highest BCUT2D eigenvalue weighted by Crippen LogP contribution is 2.47. The minimum Gasteiger partial charge on any atom is -0.462 e. The fourth-order valence-electron chi connectivity index (χ4n) is 3.30. The molecule has 3 unspecified atom stereocenters. The van der Waals surface area contributed by atoms with Crippen LogP contribution in [0.3, 0.4) is 0 Å². The van der Waals surface area contributed by atoms with Crippen molar-refractivity contribution >= 4 is 5.97 Å². The van der Waals surface area contributed by atoms with Crippen molar-refractivity contribution in [3.05, 3.63) is 0 Å². The lowest BCUT2D eigenvalue weighted by atomic mass is 9.64. The first-order chi connectivity index (χ1) is 5.83. The van der Waals surface area contributed by atoms with Gasteiger partial charge in [-0.25, -0.2) is 0 Å². The highest BCUT2D eigenvalue weighted by Gasteiger charge is 2.46. The van der Waals surface area contributed by atoms with Crippen molar-refractivity contribution in [2.24, 2.45) is 17.8 Å². The van der Waals surface area contributed by atoms with E-state index >= 15 is 0 Å². The average molecular weight is 166 g/mol. The van der Waals surface area contributed by atoms with Crippen molar-refractivity contribution in [3.8, 4) is 0 Å². The molecule has 0 N–H and O–H groups in total. The van der Waals surface area contributed by atoms with E-state index in [-0.39, 0.29) is 18.0 Å². The van der Waals surface area contributed by atoms with Crippen molar-refractivity contribution in [2.75, 3.05) is 0 Å². The number of fused-ring (bicyclic) bond motifs is 2. The van der Waals surface area contributed by atoms with Crippen LogP contribution < -0.4 is 0 Å². The summed E-state index contributed by atoms with van der Waals surface area (Å²) in [6, 6.07) is 0. The zero-order chi connectivity index (χ0) is 8.13. The number of hydrogen-bond acceptors (Lipinski definition) is 2. The maximum absolute atomic E-state index is 11.4. The molecule has 0 radical (unpaired) electrons. The molecule has 2 saturated carbocycles. The molecule has 1 saturated heterocycles. The van der Waals surface area contributed by atoms with Gasteiger partial charge in [0.2, 0.25) is 0 Å². The van der Waals surface area contributed by atoms with Crippen molar-refractivity contribution in [2.45, 2.75) is 38.2 Å². The molecule has 3 bridgehead atoms. The highest BCUT2D eigenvalue weighted by atomic mass is 16.5. The standard InChI is InChI=1S/C10H14O2/c11-10-9-2-1-6-3-7(9)5-8(4-6)12-10/h6-9H,1-5H2/t6?,7?,8-,9?/m1/s1. The van der Waals surface area contributed by atoms with Crippen LogP contribution in [0.25, 0.3) is 0 Å². The third-order valence-electron chi connectivity index (χ3n) is 3.84. The monoisotopic (exact) mass is 166 g/mol. The molecule has 12 heavy (non-hydrogen) atoms. The minimum absolute atomic E-state index is 0.106. The molecule has 1 aliphatic heterocycles. The van der Waals surface area contributed by atoms with E-state index in [0.717, 1.165) is 25.2 Å². The number of hydrogen-bond donors (Lipinski definition) is 0. The Morgan fingerprint density at radius 3 is 3.00 bits per heavy atom. The Morgan fingerprint density at radius 2 is 2.08 bits per heavy atom. The van der Waals surface area contributed by atoms with Gasteiger partial charge < -0.3 is 4.74 Å². The minimum atomic E-state index is 0.106. The molecule has 3 fully saturated rings. The third kappa shape index (κ3) is 0.838. The van der Waals surface area contributed by atoms with Gasteiger partial charge in [0.15, 0.2) is 0 Å². The Labute approximate surface area is 72.3 Å². The van der Waals surface area contributed by atoms with Gasteiger partial charge in [0, 0.05) is 0 Å². The topological polar surface area (TPSA) is 26.3 Å². The van der Waals surface area contributed by atoms with Gasteiger partial charge >= 0.3 is 5.97 Å². The van der Waals surface area contributed by atoms with Crippen LogP contribution >= 0.6 is 0 Å². The first-order valence-corrected chi connectivity index (χ1v) is 5.03. The average Bonchev–Trinajstić information content (AvgIpc) is 2.01. The Bertz CT molecular complexity index is 218. The van der Waals surface area contributed by atoms with E-state index in [1.165, 1.54) is 12.8 Å². The second-order valence-electron chi connectivity index (χ2n) is 4.58. The van der Waals surface area contributed by atoms with Gasteiger partial charge in [0.05, 0.1) is 5.92 Å². The Morgan fingerprint density at radius 1 is 1.17 bits per heavy atom. The number of rotatable bonds is 0. The molecular formula is C10H14O2. The predicted molar refractivity (Wildman–Crippen MR) is 43.4 cm³/mol. The molecular weight excluding hydrogens is 152 g/mol. The number of carbonyl (C=O) groups is 1. The van der Waals surface area contributed by atoms with Crippen LogP contribution in [0.2, 0.25) is 0 Å². The second kappa shape index (κ2) is 2.24. The molecule has 2 aliphatic carbocycles. The predicted octanol–water partition coefficient (Wildman–Crippen LogP) is 1.74. The summed E-state index contributed by atoms with van der Waals surface area (Å²) in [5.74, 6) is 1.94. The Balaban J connectivity index is 1.93. The van der Waals surface area contributed by atoms with E-state index < -0.39 is 0 Å². The molecule has 2 nitrogen and oxygen atoms in total.